The fourth-order valence-corrected chi connectivity index (χ4v) is 2.68. The topological polar surface area (TPSA) is 58.4 Å². The molecule has 1 aromatic carbocycles. The molecule has 5 nitrogen and oxygen atoms in total. The Kier molecular flexibility index (Phi) is 3.73. The van der Waals surface area contributed by atoms with E-state index in [-0.39, 0.29) is 5.69 Å². The summed E-state index contributed by atoms with van der Waals surface area (Å²) in [5, 5.41) is 14.5. The van der Waals surface area contributed by atoms with Crippen LogP contribution in [0.2, 0.25) is 5.02 Å². The Morgan fingerprint density at radius 2 is 2.00 bits per heavy atom. The van der Waals surface area contributed by atoms with E-state index in [0.717, 1.165) is 18.8 Å². The zero-order valence-electron chi connectivity index (χ0n) is 10.4. The standard InChI is InChI=1S/C12H16ClN3O2/c1-8-6-15(7-9(2)14-8)12-4-3-10(16(17)18)5-11(12)13/h3-5,8-9,14H,6-7H2,1-2H3. The van der Waals surface area contributed by atoms with Crippen molar-refractivity contribution in [1.29, 1.82) is 0 Å². The first-order valence-corrected chi connectivity index (χ1v) is 6.30. The largest absolute Gasteiger partial charge is 0.367 e. The van der Waals surface area contributed by atoms with Crippen LogP contribution in [0.5, 0.6) is 0 Å². The van der Waals surface area contributed by atoms with Crippen molar-refractivity contribution in [2.75, 3.05) is 18.0 Å². The third kappa shape index (κ3) is 2.73. The number of anilines is 1. The van der Waals surface area contributed by atoms with Crippen molar-refractivity contribution in [3.8, 4) is 0 Å². The molecule has 1 aliphatic heterocycles. The molecule has 98 valence electrons. The summed E-state index contributed by atoms with van der Waals surface area (Å²) < 4.78 is 0. The fourth-order valence-electron chi connectivity index (χ4n) is 2.39. The average Bonchev–Trinajstić information content (AvgIpc) is 2.27. The monoisotopic (exact) mass is 269 g/mol. The number of nitro benzene ring substituents is 1. The molecule has 1 N–H and O–H groups in total. The number of halogens is 1. The van der Waals surface area contributed by atoms with E-state index in [0.29, 0.717) is 17.1 Å². The molecule has 0 aromatic heterocycles. The summed E-state index contributed by atoms with van der Waals surface area (Å²) in [5.74, 6) is 0. The van der Waals surface area contributed by atoms with Crippen LogP contribution < -0.4 is 10.2 Å². The second kappa shape index (κ2) is 5.12. The van der Waals surface area contributed by atoms with Gasteiger partial charge in [0.05, 0.1) is 15.6 Å². The first-order valence-electron chi connectivity index (χ1n) is 5.92. The van der Waals surface area contributed by atoms with Crippen LogP contribution in [0.1, 0.15) is 13.8 Å². The van der Waals surface area contributed by atoms with Crippen molar-refractivity contribution < 1.29 is 4.92 Å². The van der Waals surface area contributed by atoms with E-state index in [4.69, 9.17) is 11.6 Å². The smallest absolute Gasteiger partial charge is 0.271 e. The molecule has 2 atom stereocenters. The van der Waals surface area contributed by atoms with Gasteiger partial charge in [0, 0.05) is 37.3 Å². The summed E-state index contributed by atoms with van der Waals surface area (Å²) in [6, 6.07) is 5.39. The summed E-state index contributed by atoms with van der Waals surface area (Å²) in [7, 11) is 0. The third-order valence-electron chi connectivity index (χ3n) is 3.04. The van der Waals surface area contributed by atoms with Crippen LogP contribution in [-0.4, -0.2) is 30.1 Å². The van der Waals surface area contributed by atoms with Crippen molar-refractivity contribution in [1.82, 2.24) is 5.32 Å². The summed E-state index contributed by atoms with van der Waals surface area (Å²) >= 11 is 6.14. The predicted octanol–water partition coefficient (Wildman–Crippen LogP) is 2.43. The zero-order chi connectivity index (χ0) is 13.3. The summed E-state index contributed by atoms with van der Waals surface area (Å²) in [4.78, 5) is 12.4. The molecule has 2 unspecified atom stereocenters. The van der Waals surface area contributed by atoms with E-state index in [9.17, 15) is 10.1 Å². The maximum Gasteiger partial charge on any atom is 0.271 e. The minimum Gasteiger partial charge on any atom is -0.367 e. The van der Waals surface area contributed by atoms with Crippen molar-refractivity contribution >= 4 is 23.0 Å². The van der Waals surface area contributed by atoms with Crippen molar-refractivity contribution in [2.24, 2.45) is 0 Å². The van der Waals surface area contributed by atoms with Crippen LogP contribution in [0.4, 0.5) is 11.4 Å². The highest BCUT2D eigenvalue weighted by Crippen LogP contribution is 2.30. The molecule has 1 aromatic rings. The molecule has 18 heavy (non-hydrogen) atoms. The average molecular weight is 270 g/mol. The van der Waals surface area contributed by atoms with Crippen LogP contribution in [0, 0.1) is 10.1 Å². The molecular weight excluding hydrogens is 254 g/mol. The van der Waals surface area contributed by atoms with Crippen LogP contribution in [0.3, 0.4) is 0 Å². The van der Waals surface area contributed by atoms with E-state index >= 15 is 0 Å². The Bertz CT molecular complexity index is 457. The first kappa shape index (κ1) is 13.1. The molecule has 0 saturated carbocycles. The van der Waals surface area contributed by atoms with Gasteiger partial charge >= 0.3 is 0 Å². The number of nitro groups is 1. The molecule has 1 aliphatic rings. The van der Waals surface area contributed by atoms with E-state index in [1.54, 1.807) is 6.07 Å². The first-order chi connectivity index (χ1) is 8.47. The minimum absolute atomic E-state index is 0.0278. The SMILES string of the molecule is CC1CN(c2ccc([N+](=O)[O-])cc2Cl)CC(C)N1. The summed E-state index contributed by atoms with van der Waals surface area (Å²) in [5.41, 5.74) is 0.891. The van der Waals surface area contributed by atoms with E-state index in [1.165, 1.54) is 12.1 Å². The Morgan fingerprint density at radius 1 is 1.39 bits per heavy atom. The maximum absolute atomic E-state index is 10.7. The van der Waals surface area contributed by atoms with Gasteiger partial charge in [-0.1, -0.05) is 11.6 Å². The summed E-state index contributed by atoms with van der Waals surface area (Å²) in [6.45, 7) is 5.92. The molecule has 1 fully saturated rings. The van der Waals surface area contributed by atoms with Crippen molar-refractivity contribution in [3.05, 3.63) is 33.3 Å². The van der Waals surface area contributed by atoms with E-state index < -0.39 is 4.92 Å². The highest BCUT2D eigenvalue weighted by Gasteiger charge is 2.23. The lowest BCUT2D eigenvalue weighted by atomic mass is 10.1. The maximum atomic E-state index is 10.7. The fraction of sp³-hybridized carbons (Fsp3) is 0.500. The summed E-state index contributed by atoms with van der Waals surface area (Å²) in [6.07, 6.45) is 0. The molecule has 0 aliphatic carbocycles. The van der Waals surface area contributed by atoms with Gasteiger partial charge in [0.2, 0.25) is 0 Å². The second-order valence-corrected chi connectivity index (χ2v) is 5.17. The molecule has 2 rings (SSSR count). The number of nitrogens with one attached hydrogen (secondary N) is 1. The van der Waals surface area contributed by atoms with Gasteiger partial charge in [-0.05, 0) is 19.9 Å². The molecule has 6 heteroatoms. The number of rotatable bonds is 2. The number of non-ortho nitro benzene ring substituents is 1. The van der Waals surface area contributed by atoms with Gasteiger partial charge in [-0.2, -0.15) is 0 Å². The predicted molar refractivity (Wildman–Crippen MR) is 72.4 cm³/mol. The van der Waals surface area contributed by atoms with Gasteiger partial charge in [0.15, 0.2) is 0 Å². The number of hydrogen-bond acceptors (Lipinski definition) is 4. The van der Waals surface area contributed by atoms with Crippen molar-refractivity contribution in [2.45, 2.75) is 25.9 Å². The lowest BCUT2D eigenvalue weighted by Crippen LogP contribution is -2.54. The number of benzene rings is 1. The Morgan fingerprint density at radius 3 is 2.50 bits per heavy atom. The molecule has 0 radical (unpaired) electrons. The van der Waals surface area contributed by atoms with Gasteiger partial charge in [0.1, 0.15) is 0 Å². The lowest BCUT2D eigenvalue weighted by molar-refractivity contribution is -0.384. The van der Waals surface area contributed by atoms with Gasteiger partial charge in [-0.25, -0.2) is 0 Å². The quantitative estimate of drug-likeness (QED) is 0.662. The zero-order valence-corrected chi connectivity index (χ0v) is 11.1. The number of piperazine rings is 1. The molecule has 1 saturated heterocycles. The highest BCUT2D eigenvalue weighted by atomic mass is 35.5. The van der Waals surface area contributed by atoms with Crippen LogP contribution in [0.25, 0.3) is 0 Å². The van der Waals surface area contributed by atoms with Gasteiger partial charge in [0.25, 0.3) is 5.69 Å². The molecule has 0 bridgehead atoms. The molecular formula is C12H16ClN3O2. The lowest BCUT2D eigenvalue weighted by Gasteiger charge is -2.38. The molecule has 0 amide bonds. The number of nitrogens with zero attached hydrogens (tertiary/aromatic N) is 2. The van der Waals surface area contributed by atoms with Gasteiger partial charge in [-0.3, -0.25) is 10.1 Å². The van der Waals surface area contributed by atoms with Gasteiger partial charge in [-0.15, -0.1) is 0 Å². The van der Waals surface area contributed by atoms with Crippen LogP contribution in [-0.2, 0) is 0 Å². The molecule has 1 heterocycles. The Hall–Kier alpha value is -1.33. The molecule has 0 spiro atoms. The highest BCUT2D eigenvalue weighted by molar-refractivity contribution is 6.33. The normalized spacial score (nSPS) is 24.1. The Balaban J connectivity index is 2.25. The van der Waals surface area contributed by atoms with Gasteiger partial charge < -0.3 is 10.2 Å². The van der Waals surface area contributed by atoms with E-state index in [1.807, 2.05) is 0 Å². The van der Waals surface area contributed by atoms with Crippen molar-refractivity contribution in [3.63, 3.8) is 0 Å². The van der Waals surface area contributed by atoms with Crippen LogP contribution >= 0.6 is 11.6 Å². The van der Waals surface area contributed by atoms with E-state index in [2.05, 4.69) is 24.1 Å². The minimum atomic E-state index is -0.432. The Labute approximate surface area is 111 Å². The van der Waals surface area contributed by atoms with Crippen LogP contribution in [0.15, 0.2) is 18.2 Å². The second-order valence-electron chi connectivity index (χ2n) is 4.77. The number of hydrogen-bond donors (Lipinski definition) is 1. The third-order valence-corrected chi connectivity index (χ3v) is 3.34.